The van der Waals surface area contributed by atoms with Crippen LogP contribution in [-0.2, 0) is 0 Å². The number of aliphatic hydroxyl groups is 1. The maximum atomic E-state index is 8.22. The van der Waals surface area contributed by atoms with Crippen molar-refractivity contribution in [2.24, 2.45) is 0 Å². The minimum absolute atomic E-state index is 0.943. The average molecular weight is 138 g/mol. The first kappa shape index (κ1) is 9.02. The van der Waals surface area contributed by atoms with Gasteiger partial charge in [0.1, 0.15) is 0 Å². The standard InChI is InChI=1S/C9H14O/c1-2-3-4-5-6-7-8-9-10/h3-4,6-10H,2,5H2,1H3/b4-3?,7-6?,9-8-. The Morgan fingerprint density at radius 1 is 1.10 bits per heavy atom. The fourth-order valence-electron chi connectivity index (χ4n) is 0.548. The molecule has 0 aromatic rings. The molecule has 0 aliphatic rings. The van der Waals surface area contributed by atoms with Crippen LogP contribution in [0.1, 0.15) is 19.8 Å². The van der Waals surface area contributed by atoms with Crippen LogP contribution in [0.3, 0.4) is 0 Å². The lowest BCUT2D eigenvalue weighted by Crippen LogP contribution is -1.58. The van der Waals surface area contributed by atoms with Crippen molar-refractivity contribution in [3.63, 3.8) is 0 Å². The summed E-state index contributed by atoms with van der Waals surface area (Å²) in [6.45, 7) is 2.10. The molecule has 0 amide bonds. The van der Waals surface area contributed by atoms with Crippen molar-refractivity contribution < 1.29 is 5.11 Å². The highest BCUT2D eigenvalue weighted by Crippen LogP contribution is 1.88. The smallest absolute Gasteiger partial charge is 0.0791 e. The van der Waals surface area contributed by atoms with Crippen molar-refractivity contribution in [3.8, 4) is 0 Å². The third-order valence-corrected chi connectivity index (χ3v) is 1.01. The molecule has 0 bridgehead atoms. The van der Waals surface area contributed by atoms with Gasteiger partial charge in [-0.2, -0.15) is 0 Å². The molecule has 56 valence electrons. The first-order valence-corrected chi connectivity index (χ1v) is 3.52. The summed E-state index contributed by atoms with van der Waals surface area (Å²) in [5, 5.41) is 8.22. The topological polar surface area (TPSA) is 20.2 Å². The minimum Gasteiger partial charge on any atom is -0.516 e. The Morgan fingerprint density at radius 3 is 2.50 bits per heavy atom. The van der Waals surface area contributed by atoms with Gasteiger partial charge in [0.15, 0.2) is 0 Å². The van der Waals surface area contributed by atoms with Crippen LogP contribution in [0.25, 0.3) is 0 Å². The van der Waals surface area contributed by atoms with Crippen molar-refractivity contribution in [1.82, 2.24) is 0 Å². The van der Waals surface area contributed by atoms with Crippen LogP contribution in [0.4, 0.5) is 0 Å². The maximum Gasteiger partial charge on any atom is 0.0791 e. The van der Waals surface area contributed by atoms with E-state index in [9.17, 15) is 0 Å². The zero-order valence-electron chi connectivity index (χ0n) is 6.33. The lowest BCUT2D eigenvalue weighted by Gasteiger charge is -1.78. The fourth-order valence-corrected chi connectivity index (χ4v) is 0.548. The number of aliphatic hydroxyl groups excluding tert-OH is 1. The Balaban J connectivity index is 3.26. The number of hydrogen-bond acceptors (Lipinski definition) is 1. The Morgan fingerprint density at radius 2 is 1.90 bits per heavy atom. The summed E-state index contributed by atoms with van der Waals surface area (Å²) in [6.07, 6.45) is 12.7. The SMILES string of the molecule is CCC=CCC=C/C=C\O. The van der Waals surface area contributed by atoms with E-state index in [0.717, 1.165) is 19.1 Å². The quantitative estimate of drug-likeness (QED) is 0.359. The van der Waals surface area contributed by atoms with E-state index >= 15 is 0 Å². The van der Waals surface area contributed by atoms with Gasteiger partial charge < -0.3 is 5.11 Å². The van der Waals surface area contributed by atoms with Gasteiger partial charge in [0.05, 0.1) is 6.26 Å². The van der Waals surface area contributed by atoms with E-state index < -0.39 is 0 Å². The van der Waals surface area contributed by atoms with E-state index in [1.54, 1.807) is 6.08 Å². The molecule has 0 heterocycles. The largest absolute Gasteiger partial charge is 0.516 e. The molecule has 0 rings (SSSR count). The monoisotopic (exact) mass is 138 g/mol. The van der Waals surface area contributed by atoms with E-state index in [0.29, 0.717) is 0 Å². The van der Waals surface area contributed by atoms with Gasteiger partial charge in [0.25, 0.3) is 0 Å². The van der Waals surface area contributed by atoms with Crippen LogP contribution in [0.5, 0.6) is 0 Å². The van der Waals surface area contributed by atoms with Gasteiger partial charge in [-0.25, -0.2) is 0 Å². The van der Waals surface area contributed by atoms with Gasteiger partial charge in [-0.1, -0.05) is 31.2 Å². The highest BCUT2D eigenvalue weighted by molar-refractivity contribution is 5.02. The van der Waals surface area contributed by atoms with Gasteiger partial charge in [0.2, 0.25) is 0 Å². The highest BCUT2D eigenvalue weighted by atomic mass is 16.2. The second-order valence-corrected chi connectivity index (χ2v) is 1.89. The summed E-state index contributed by atoms with van der Waals surface area (Å²) in [4.78, 5) is 0. The molecule has 0 spiro atoms. The predicted molar refractivity (Wildman–Crippen MR) is 45.0 cm³/mol. The summed E-state index contributed by atoms with van der Waals surface area (Å²) >= 11 is 0. The molecule has 0 fully saturated rings. The van der Waals surface area contributed by atoms with Crippen molar-refractivity contribution in [2.75, 3.05) is 0 Å². The van der Waals surface area contributed by atoms with E-state index in [1.807, 2.05) is 12.2 Å². The lowest BCUT2D eigenvalue weighted by atomic mass is 10.3. The van der Waals surface area contributed by atoms with Gasteiger partial charge in [0, 0.05) is 0 Å². The van der Waals surface area contributed by atoms with Crippen LogP contribution in [0, 0.1) is 0 Å². The third-order valence-electron chi connectivity index (χ3n) is 1.01. The fraction of sp³-hybridized carbons (Fsp3) is 0.333. The van der Waals surface area contributed by atoms with Crippen molar-refractivity contribution in [1.29, 1.82) is 0 Å². The second kappa shape index (κ2) is 8.02. The molecule has 0 aliphatic carbocycles. The number of rotatable bonds is 4. The molecule has 0 aromatic carbocycles. The molecule has 0 unspecified atom stereocenters. The molecule has 0 aromatic heterocycles. The number of allylic oxidation sites excluding steroid dienone is 5. The minimum atomic E-state index is 0.943. The normalized spacial score (nSPS) is 12.5. The van der Waals surface area contributed by atoms with Crippen LogP contribution in [0.15, 0.2) is 36.6 Å². The van der Waals surface area contributed by atoms with E-state index in [4.69, 9.17) is 5.11 Å². The van der Waals surface area contributed by atoms with Gasteiger partial charge >= 0.3 is 0 Å². The summed E-state index contributed by atoms with van der Waals surface area (Å²) in [6, 6.07) is 0. The molecule has 0 atom stereocenters. The maximum absolute atomic E-state index is 8.22. The van der Waals surface area contributed by atoms with Crippen molar-refractivity contribution >= 4 is 0 Å². The van der Waals surface area contributed by atoms with Crippen LogP contribution < -0.4 is 0 Å². The Bertz CT molecular complexity index is 132. The summed E-state index contributed by atoms with van der Waals surface area (Å²) in [7, 11) is 0. The molecule has 1 heteroatoms. The van der Waals surface area contributed by atoms with E-state index in [2.05, 4.69) is 19.1 Å². The van der Waals surface area contributed by atoms with E-state index in [-0.39, 0.29) is 0 Å². The van der Waals surface area contributed by atoms with Gasteiger partial charge in [-0.3, -0.25) is 0 Å². The van der Waals surface area contributed by atoms with Crippen LogP contribution in [-0.4, -0.2) is 5.11 Å². The van der Waals surface area contributed by atoms with E-state index in [1.165, 1.54) is 0 Å². The summed E-state index contributed by atoms with van der Waals surface area (Å²) < 4.78 is 0. The Labute approximate surface area is 62.4 Å². The predicted octanol–water partition coefficient (Wildman–Crippen LogP) is 2.97. The molecule has 1 N–H and O–H groups in total. The van der Waals surface area contributed by atoms with Gasteiger partial charge in [-0.05, 0) is 18.9 Å². The van der Waals surface area contributed by atoms with Crippen molar-refractivity contribution in [2.45, 2.75) is 19.8 Å². The van der Waals surface area contributed by atoms with Gasteiger partial charge in [-0.15, -0.1) is 0 Å². The summed E-state index contributed by atoms with van der Waals surface area (Å²) in [5.74, 6) is 0. The Hall–Kier alpha value is -0.980. The Kier molecular flexibility index (Phi) is 7.23. The average Bonchev–Trinajstić information content (AvgIpc) is 1.97. The third kappa shape index (κ3) is 7.02. The molecule has 0 saturated heterocycles. The molecular weight excluding hydrogens is 124 g/mol. The first-order valence-electron chi connectivity index (χ1n) is 3.52. The molecular formula is C9H14O. The second-order valence-electron chi connectivity index (χ2n) is 1.89. The lowest BCUT2D eigenvalue weighted by molar-refractivity contribution is 0.473. The zero-order valence-corrected chi connectivity index (χ0v) is 6.33. The number of hydrogen-bond donors (Lipinski definition) is 1. The molecule has 0 aliphatic heterocycles. The highest BCUT2D eigenvalue weighted by Gasteiger charge is 1.67. The molecule has 10 heavy (non-hydrogen) atoms. The van der Waals surface area contributed by atoms with Crippen LogP contribution in [0.2, 0.25) is 0 Å². The first-order chi connectivity index (χ1) is 4.91. The van der Waals surface area contributed by atoms with Crippen LogP contribution >= 0.6 is 0 Å². The molecule has 0 saturated carbocycles. The molecule has 0 radical (unpaired) electrons. The van der Waals surface area contributed by atoms with Crippen molar-refractivity contribution in [3.05, 3.63) is 36.6 Å². The zero-order chi connectivity index (χ0) is 7.66. The molecule has 1 nitrogen and oxygen atoms in total. The summed E-state index contributed by atoms with van der Waals surface area (Å²) in [5.41, 5.74) is 0.